The van der Waals surface area contributed by atoms with E-state index in [1.54, 1.807) is 13.8 Å². The Morgan fingerprint density at radius 2 is 1.67 bits per heavy atom. The molecule has 2 fully saturated rings. The van der Waals surface area contributed by atoms with Crippen molar-refractivity contribution in [2.75, 3.05) is 26.4 Å². The predicted molar refractivity (Wildman–Crippen MR) is 75.6 cm³/mol. The fraction of sp³-hybridized carbons (Fsp3) is 0.600. The number of carbonyl (C=O) groups is 2. The Morgan fingerprint density at radius 1 is 1.19 bits per heavy atom. The topological polar surface area (TPSA) is 77.7 Å². The van der Waals surface area contributed by atoms with E-state index in [1.807, 2.05) is 6.92 Å². The number of esters is 2. The molecule has 2 saturated heterocycles. The molecule has 0 N–H and O–H groups in total. The third-order valence-electron chi connectivity index (χ3n) is 2.65. The van der Waals surface area contributed by atoms with E-state index in [1.165, 1.54) is 0 Å². The quantitative estimate of drug-likeness (QED) is 0.419. The van der Waals surface area contributed by atoms with E-state index in [0.717, 1.165) is 0 Å². The minimum Gasteiger partial charge on any atom is -0.459 e. The number of hydrogen-bond donors (Lipinski definition) is 0. The normalized spacial score (nSPS) is 25.0. The Labute approximate surface area is 124 Å². The molecule has 2 atom stereocenters. The van der Waals surface area contributed by atoms with Crippen LogP contribution in [-0.4, -0.2) is 50.1 Å². The molecule has 2 rings (SSSR count). The van der Waals surface area contributed by atoms with Crippen molar-refractivity contribution in [1.82, 2.24) is 0 Å². The maximum absolute atomic E-state index is 10.8. The van der Waals surface area contributed by atoms with Gasteiger partial charge in [-0.1, -0.05) is 13.2 Å². The van der Waals surface area contributed by atoms with Crippen molar-refractivity contribution in [3.63, 3.8) is 0 Å². The van der Waals surface area contributed by atoms with Gasteiger partial charge < -0.3 is 18.9 Å². The Hall–Kier alpha value is -1.66. The second kappa shape index (κ2) is 7.38. The van der Waals surface area contributed by atoms with Crippen LogP contribution in [0.3, 0.4) is 0 Å². The summed E-state index contributed by atoms with van der Waals surface area (Å²) in [5, 5.41) is 0. The summed E-state index contributed by atoms with van der Waals surface area (Å²) >= 11 is 0. The molecule has 6 nitrogen and oxygen atoms in total. The first-order chi connectivity index (χ1) is 9.73. The summed E-state index contributed by atoms with van der Waals surface area (Å²) in [5.41, 5.74) is 0.639. The van der Waals surface area contributed by atoms with Crippen molar-refractivity contribution in [2.24, 2.45) is 0 Å². The van der Waals surface area contributed by atoms with Crippen molar-refractivity contribution in [2.45, 2.75) is 32.5 Å². The van der Waals surface area contributed by atoms with Crippen LogP contribution in [0.4, 0.5) is 0 Å². The summed E-state index contributed by atoms with van der Waals surface area (Å²) in [6.45, 7) is 14.1. The molecular weight excluding hydrogens is 276 g/mol. The van der Waals surface area contributed by atoms with Gasteiger partial charge in [0.05, 0.1) is 13.2 Å². The molecule has 2 aliphatic rings. The second-order valence-corrected chi connectivity index (χ2v) is 5.43. The number of epoxide rings is 2. The first kappa shape index (κ1) is 17.4. The Balaban J connectivity index is 0.000000211. The minimum atomic E-state index is -0.346. The van der Waals surface area contributed by atoms with Crippen LogP contribution in [0.2, 0.25) is 0 Å². The first-order valence-corrected chi connectivity index (χ1v) is 6.64. The molecule has 2 heterocycles. The molecule has 2 unspecified atom stereocenters. The van der Waals surface area contributed by atoms with Crippen molar-refractivity contribution >= 4 is 11.9 Å². The highest BCUT2D eigenvalue weighted by atomic mass is 16.6. The van der Waals surface area contributed by atoms with E-state index in [0.29, 0.717) is 37.6 Å². The van der Waals surface area contributed by atoms with Gasteiger partial charge in [-0.3, -0.25) is 0 Å². The van der Waals surface area contributed by atoms with Crippen molar-refractivity contribution < 1.29 is 28.5 Å². The lowest BCUT2D eigenvalue weighted by Crippen LogP contribution is -2.18. The van der Waals surface area contributed by atoms with Crippen LogP contribution < -0.4 is 0 Å². The SMILES string of the molecule is C=C(C)C(=O)OCC1(C)CO1.C=C(C)C(=O)OCC1CO1. The van der Waals surface area contributed by atoms with Gasteiger partial charge in [-0.15, -0.1) is 0 Å². The monoisotopic (exact) mass is 298 g/mol. The summed E-state index contributed by atoms with van der Waals surface area (Å²) in [7, 11) is 0. The number of hydrogen-bond acceptors (Lipinski definition) is 6. The molecule has 118 valence electrons. The molecule has 0 radical (unpaired) electrons. The molecule has 0 aromatic carbocycles. The van der Waals surface area contributed by atoms with Crippen molar-refractivity contribution in [1.29, 1.82) is 0 Å². The summed E-state index contributed by atoms with van der Waals surface area (Å²) in [6, 6.07) is 0. The van der Waals surface area contributed by atoms with Gasteiger partial charge in [0.15, 0.2) is 0 Å². The molecule has 2 aliphatic heterocycles. The van der Waals surface area contributed by atoms with Crippen molar-refractivity contribution in [3.8, 4) is 0 Å². The van der Waals surface area contributed by atoms with Crippen LogP contribution >= 0.6 is 0 Å². The second-order valence-electron chi connectivity index (χ2n) is 5.43. The highest BCUT2D eigenvalue weighted by Gasteiger charge is 2.40. The molecule has 0 saturated carbocycles. The van der Waals surface area contributed by atoms with Gasteiger partial charge in [0, 0.05) is 11.1 Å². The summed E-state index contributed by atoms with van der Waals surface area (Å²) in [5.74, 6) is -0.683. The van der Waals surface area contributed by atoms with Crippen LogP contribution in [0.1, 0.15) is 20.8 Å². The summed E-state index contributed by atoms with van der Waals surface area (Å²) < 4.78 is 19.5. The van der Waals surface area contributed by atoms with E-state index < -0.39 is 0 Å². The lowest BCUT2D eigenvalue weighted by molar-refractivity contribution is -0.140. The molecule has 6 heteroatoms. The highest BCUT2D eigenvalue weighted by molar-refractivity contribution is 5.87. The standard InChI is InChI=1S/C8H12O3.C7H10O3/c1-6(2)7(9)10-4-8(3)5-11-8;1-5(2)7(8)10-4-6-3-9-6/h1,4-5H2,2-3H3;6H,1,3-4H2,2H3. The maximum atomic E-state index is 10.8. The number of rotatable bonds is 6. The highest BCUT2D eigenvalue weighted by Crippen LogP contribution is 2.25. The van der Waals surface area contributed by atoms with Gasteiger partial charge in [-0.05, 0) is 20.8 Å². The molecule has 21 heavy (non-hydrogen) atoms. The third-order valence-corrected chi connectivity index (χ3v) is 2.65. The van der Waals surface area contributed by atoms with E-state index in [-0.39, 0.29) is 23.6 Å². The van der Waals surface area contributed by atoms with Crippen LogP contribution in [0.15, 0.2) is 24.3 Å². The lowest BCUT2D eigenvalue weighted by atomic mass is 10.2. The van der Waals surface area contributed by atoms with Crippen LogP contribution in [0, 0.1) is 0 Å². The fourth-order valence-corrected chi connectivity index (χ4v) is 1.00. The van der Waals surface area contributed by atoms with E-state index in [2.05, 4.69) is 13.2 Å². The molecular formula is C15H22O6. The Kier molecular flexibility index (Phi) is 6.11. The summed E-state index contributed by atoms with van der Waals surface area (Å²) in [6.07, 6.45) is 0.142. The average Bonchev–Trinajstić information content (AvgIpc) is 3.31. The number of carbonyl (C=O) groups excluding carboxylic acids is 2. The Morgan fingerprint density at radius 3 is 2.05 bits per heavy atom. The summed E-state index contributed by atoms with van der Waals surface area (Å²) in [4.78, 5) is 21.5. The van der Waals surface area contributed by atoms with E-state index >= 15 is 0 Å². The van der Waals surface area contributed by atoms with Gasteiger partial charge in [0.1, 0.15) is 24.9 Å². The van der Waals surface area contributed by atoms with E-state index in [4.69, 9.17) is 18.9 Å². The fourth-order valence-electron chi connectivity index (χ4n) is 1.00. The van der Waals surface area contributed by atoms with Gasteiger partial charge >= 0.3 is 11.9 Å². The molecule has 0 amide bonds. The Bertz CT molecular complexity index is 431. The van der Waals surface area contributed by atoms with Gasteiger partial charge in [-0.25, -0.2) is 9.59 Å². The van der Waals surface area contributed by atoms with Gasteiger partial charge in [-0.2, -0.15) is 0 Å². The number of ether oxygens (including phenoxy) is 4. The van der Waals surface area contributed by atoms with Crippen LogP contribution in [0.25, 0.3) is 0 Å². The lowest BCUT2D eigenvalue weighted by Gasteiger charge is -2.05. The van der Waals surface area contributed by atoms with Gasteiger partial charge in [0.2, 0.25) is 0 Å². The third kappa shape index (κ3) is 7.63. The zero-order valence-electron chi connectivity index (χ0n) is 12.8. The molecule has 0 bridgehead atoms. The minimum absolute atomic E-state index is 0.142. The smallest absolute Gasteiger partial charge is 0.333 e. The largest absolute Gasteiger partial charge is 0.459 e. The molecule has 0 aromatic heterocycles. The van der Waals surface area contributed by atoms with Crippen molar-refractivity contribution in [3.05, 3.63) is 24.3 Å². The molecule has 0 spiro atoms. The predicted octanol–water partition coefficient (Wildman–Crippen LogP) is 1.40. The first-order valence-electron chi connectivity index (χ1n) is 6.64. The zero-order valence-corrected chi connectivity index (χ0v) is 12.8. The average molecular weight is 298 g/mol. The zero-order chi connectivity index (χ0) is 16.0. The van der Waals surface area contributed by atoms with Gasteiger partial charge in [0.25, 0.3) is 0 Å². The van der Waals surface area contributed by atoms with E-state index in [9.17, 15) is 9.59 Å². The van der Waals surface area contributed by atoms with Crippen LogP contribution in [0.5, 0.6) is 0 Å². The molecule has 0 aliphatic carbocycles. The molecule has 0 aromatic rings. The van der Waals surface area contributed by atoms with Crippen LogP contribution in [-0.2, 0) is 28.5 Å². The maximum Gasteiger partial charge on any atom is 0.333 e.